The molecule has 118 valence electrons. The Morgan fingerprint density at radius 2 is 0.600 bits per heavy atom. The molecule has 0 fully saturated rings. The van der Waals surface area contributed by atoms with Crippen molar-refractivity contribution in [2.75, 3.05) is 21.3 Å². The van der Waals surface area contributed by atoms with E-state index in [0.29, 0.717) is 0 Å². The van der Waals surface area contributed by atoms with Gasteiger partial charge in [-0.3, -0.25) is 0 Å². The van der Waals surface area contributed by atoms with Crippen LogP contribution in [0.4, 0.5) is 0 Å². The Balaban J connectivity index is -0.0000000536. The normalized spacial score (nSPS) is 10.7. The van der Waals surface area contributed by atoms with Crippen LogP contribution in [0.5, 0.6) is 0 Å². The van der Waals surface area contributed by atoms with Crippen LogP contribution in [0.1, 0.15) is 0 Å². The molecule has 0 rings (SSSR count). The summed E-state index contributed by atoms with van der Waals surface area (Å²) in [5, 5.41) is 0. The van der Waals surface area contributed by atoms with Crippen molar-refractivity contribution >= 4 is 75.9 Å². The van der Waals surface area contributed by atoms with Crippen LogP contribution in [0.15, 0.2) is 0 Å². The molecule has 0 N–H and O–H groups in total. The molecular weight excluding hydrogens is 739 g/mol. The van der Waals surface area contributed by atoms with Gasteiger partial charge < -0.3 is 56.6 Å². The van der Waals surface area contributed by atoms with Crippen LogP contribution in [-0.4, -0.2) is 73.7 Å². The molecular formula is C3H9Bi2O12P3. The molecule has 17 heteroatoms. The Hall–Kier alpha value is 2.10. The Labute approximate surface area is 153 Å². The van der Waals surface area contributed by atoms with Crippen LogP contribution in [0.25, 0.3) is 0 Å². The van der Waals surface area contributed by atoms with Crippen molar-refractivity contribution in [2.24, 2.45) is 0 Å². The summed E-state index contributed by atoms with van der Waals surface area (Å²) >= 11 is 0. The maximum Gasteiger partial charge on any atom is 3.00 e. The summed E-state index contributed by atoms with van der Waals surface area (Å²) in [7, 11) is -11.5. The molecule has 4 radical (unpaired) electrons. The second-order valence-electron chi connectivity index (χ2n) is 1.89. The SMILES string of the molecule is COP(=O)([O-])[O-].COP(=O)([O-])[O-].COP(=O)([O-])[O-].[Bi+3].[Bi+3]. The summed E-state index contributed by atoms with van der Waals surface area (Å²) in [5.74, 6) is 0. The summed E-state index contributed by atoms with van der Waals surface area (Å²) in [6.45, 7) is 0. The summed E-state index contributed by atoms with van der Waals surface area (Å²) in [6, 6.07) is 0. The molecule has 0 unspecified atom stereocenters. The Kier molecular flexibility index (Phi) is 26.9. The average molecular weight is 748 g/mol. The molecule has 20 heavy (non-hydrogen) atoms. The fourth-order valence-corrected chi connectivity index (χ4v) is 0. The molecule has 0 heterocycles. The van der Waals surface area contributed by atoms with E-state index < -0.39 is 23.5 Å². The molecule has 0 amide bonds. The standard InChI is InChI=1S/3CH5O4P.2Bi/c3*1-5-6(2,3)4;;/h3*1H3,(H2,2,3,4);;/q;;;2*+3/p-6. The molecule has 0 saturated heterocycles. The molecule has 0 spiro atoms. The summed E-state index contributed by atoms with van der Waals surface area (Å²) in [4.78, 5) is 55.5. The second-order valence-corrected chi connectivity index (χ2v) is 5.67. The van der Waals surface area contributed by atoms with E-state index in [2.05, 4.69) is 13.6 Å². The number of rotatable bonds is 3. The summed E-state index contributed by atoms with van der Waals surface area (Å²) < 4.78 is 37.9. The fourth-order valence-electron chi connectivity index (χ4n) is 0. The largest absolute Gasteiger partial charge is 3.00 e. The van der Waals surface area contributed by atoms with Crippen molar-refractivity contribution in [3.63, 3.8) is 0 Å². The zero-order valence-corrected chi connectivity index (χ0v) is 19.8. The Bertz CT molecular complexity index is 277. The minimum Gasteiger partial charge on any atom is -0.790 e. The van der Waals surface area contributed by atoms with Crippen molar-refractivity contribution in [3.05, 3.63) is 0 Å². The third-order valence-corrected chi connectivity index (χ3v) is 2.01. The molecule has 12 nitrogen and oxygen atoms in total. The van der Waals surface area contributed by atoms with Crippen molar-refractivity contribution in [1.82, 2.24) is 0 Å². The van der Waals surface area contributed by atoms with E-state index in [1.165, 1.54) is 0 Å². The third kappa shape index (κ3) is 59.5. The van der Waals surface area contributed by atoms with Crippen molar-refractivity contribution in [1.29, 1.82) is 0 Å². The van der Waals surface area contributed by atoms with Gasteiger partial charge in [0.25, 0.3) is 0 Å². The van der Waals surface area contributed by atoms with E-state index in [0.717, 1.165) is 21.3 Å². The minimum atomic E-state index is -4.65. The minimum absolute atomic E-state index is 0. The van der Waals surface area contributed by atoms with E-state index in [1.54, 1.807) is 0 Å². The van der Waals surface area contributed by atoms with Gasteiger partial charge in [-0.15, -0.1) is 0 Å². The monoisotopic (exact) mass is 748 g/mol. The van der Waals surface area contributed by atoms with Gasteiger partial charge in [0.1, 0.15) is 0 Å². The molecule has 0 bridgehead atoms. The van der Waals surface area contributed by atoms with E-state index in [9.17, 15) is 43.1 Å². The molecule has 0 saturated carbocycles. The van der Waals surface area contributed by atoms with Crippen molar-refractivity contribution in [2.45, 2.75) is 0 Å². The summed E-state index contributed by atoms with van der Waals surface area (Å²) in [6.07, 6.45) is 0. The molecule has 0 atom stereocenters. The Morgan fingerprint density at radius 3 is 0.600 bits per heavy atom. The van der Waals surface area contributed by atoms with Gasteiger partial charge in [-0.25, -0.2) is 0 Å². The van der Waals surface area contributed by atoms with Crippen LogP contribution < -0.4 is 29.4 Å². The van der Waals surface area contributed by atoms with Gasteiger partial charge in [-0.2, -0.15) is 0 Å². The van der Waals surface area contributed by atoms with Gasteiger partial charge in [0, 0.05) is 21.3 Å². The molecule has 0 aliphatic rings. The zero-order chi connectivity index (χ0) is 15.6. The van der Waals surface area contributed by atoms with E-state index >= 15 is 0 Å². The van der Waals surface area contributed by atoms with Gasteiger partial charge in [0.15, 0.2) is 0 Å². The Morgan fingerprint density at radius 1 is 0.550 bits per heavy atom. The zero-order valence-electron chi connectivity index (χ0n) is 10.1. The van der Waals surface area contributed by atoms with Crippen LogP contribution in [0.2, 0.25) is 0 Å². The van der Waals surface area contributed by atoms with Crippen molar-refractivity contribution in [3.8, 4) is 0 Å². The first-order chi connectivity index (χ1) is 7.68. The maximum atomic E-state index is 9.25. The van der Waals surface area contributed by atoms with Crippen LogP contribution >= 0.6 is 23.5 Å². The maximum absolute atomic E-state index is 9.25. The fraction of sp³-hybridized carbons (Fsp3) is 1.00. The molecule has 0 aliphatic heterocycles. The number of hydrogen-bond donors (Lipinski definition) is 0. The van der Waals surface area contributed by atoms with Crippen LogP contribution in [0, 0.1) is 0 Å². The van der Waals surface area contributed by atoms with Gasteiger partial charge >= 0.3 is 52.4 Å². The molecule has 0 aromatic rings. The van der Waals surface area contributed by atoms with Gasteiger partial charge in [0.05, 0.1) is 23.5 Å². The first-order valence-corrected chi connectivity index (χ1v) is 7.80. The first kappa shape index (κ1) is 33.6. The van der Waals surface area contributed by atoms with Crippen molar-refractivity contribution < 1.29 is 56.6 Å². The van der Waals surface area contributed by atoms with Crippen LogP contribution in [0.3, 0.4) is 0 Å². The van der Waals surface area contributed by atoms with E-state index in [4.69, 9.17) is 0 Å². The summed E-state index contributed by atoms with van der Waals surface area (Å²) in [5.41, 5.74) is 0. The average Bonchev–Trinajstić information content (AvgIpc) is 2.16. The number of phosphoric acid groups is 3. The molecule has 0 aromatic heterocycles. The predicted molar refractivity (Wildman–Crippen MR) is 55.4 cm³/mol. The van der Waals surface area contributed by atoms with Gasteiger partial charge in [0.2, 0.25) is 0 Å². The van der Waals surface area contributed by atoms with Gasteiger partial charge in [-0.05, 0) is 0 Å². The van der Waals surface area contributed by atoms with Gasteiger partial charge in [-0.1, -0.05) is 0 Å². The first-order valence-electron chi connectivity index (χ1n) is 3.42. The topological polar surface area (TPSA) is 217 Å². The smallest absolute Gasteiger partial charge is 0.790 e. The molecule has 0 aliphatic carbocycles. The van der Waals surface area contributed by atoms with Crippen LogP contribution in [-0.2, 0) is 27.3 Å². The molecule has 0 aromatic carbocycles. The second kappa shape index (κ2) is 16.0. The number of phosphoric ester groups is 3. The predicted octanol–water partition coefficient (Wildman–Crippen LogP) is -5.38. The van der Waals surface area contributed by atoms with E-state index in [-0.39, 0.29) is 52.4 Å². The quantitative estimate of drug-likeness (QED) is 0.195. The third-order valence-electron chi connectivity index (χ3n) is 0.671. The number of hydrogen-bond acceptors (Lipinski definition) is 12. The van der Waals surface area contributed by atoms with E-state index in [1.807, 2.05) is 0 Å².